The molecule has 0 aliphatic heterocycles. The van der Waals surface area contributed by atoms with Crippen LogP contribution in [0, 0.1) is 29.5 Å². The molecule has 0 saturated heterocycles. The minimum atomic E-state index is -0.0918. The molecule has 2 nitrogen and oxygen atoms in total. The van der Waals surface area contributed by atoms with E-state index < -0.39 is 0 Å². The summed E-state index contributed by atoms with van der Waals surface area (Å²) >= 11 is 0.00816. The Bertz CT molecular complexity index is 8.00. The van der Waals surface area contributed by atoms with E-state index in [1.807, 2.05) is 0 Å². The number of hydrogen-bond donors (Lipinski definition) is 0. The van der Waals surface area contributed by atoms with E-state index in [-0.39, 0.29) is 60.5 Å². The molecule has 0 saturated carbocycles. The molecule has 0 heterocycles. The zero-order valence-electron chi connectivity index (χ0n) is 1.89. The molecule has 19 valence electrons. The van der Waals surface area contributed by atoms with E-state index in [1.54, 1.807) is 0 Å². The summed E-state index contributed by atoms with van der Waals surface area (Å²) in [5.74, 6) is 0. The predicted octanol–water partition coefficient (Wildman–Crippen LogP) is -0.240. The number of hydrogen-bond acceptors (Lipinski definition) is 2. The summed E-state index contributed by atoms with van der Waals surface area (Å²) in [7, 11) is 0. The molecular weight excluding hydrogens is 359 g/mol. The average molecular weight is 359 g/mol. The van der Waals surface area contributed by atoms with Gasteiger partial charge in [0.2, 0.25) is 0 Å². The Labute approximate surface area is 63.6 Å². The fraction of sp³-hybridized carbons (Fsp3) is 0. The summed E-state index contributed by atoms with van der Waals surface area (Å²) in [5.41, 5.74) is 0. The van der Waals surface area contributed by atoms with Gasteiger partial charge in [0.1, 0.15) is 0 Å². The number of rotatable bonds is 0. The Balaban J connectivity index is 0. The molecule has 0 aliphatic rings. The van der Waals surface area contributed by atoms with Gasteiger partial charge in [0.15, 0.2) is 0 Å². The standard InChI is InChI=1S/2O.U.Y. The summed E-state index contributed by atoms with van der Waals surface area (Å²) in [6.07, 6.45) is 0. The first-order valence-electron chi connectivity index (χ1n) is 0.440. The van der Waals surface area contributed by atoms with Crippen LogP contribution < -0.4 is 0 Å². The van der Waals surface area contributed by atoms with Crippen LogP contribution in [0.25, 0.3) is 0 Å². The summed E-state index contributed by atoms with van der Waals surface area (Å²) in [6.45, 7) is 0. The van der Waals surface area contributed by atoms with Gasteiger partial charge in [-0.3, -0.25) is 0 Å². The molecule has 0 aromatic carbocycles. The van der Waals surface area contributed by atoms with Gasteiger partial charge in [-0.15, -0.1) is 0 Å². The van der Waals surface area contributed by atoms with Gasteiger partial charge in [-0.1, -0.05) is 0 Å². The Morgan fingerprint density at radius 1 is 1.25 bits per heavy atom. The van der Waals surface area contributed by atoms with Crippen molar-refractivity contribution in [2.45, 2.75) is 0 Å². The van der Waals surface area contributed by atoms with Gasteiger partial charge < -0.3 is 0 Å². The molecule has 0 fully saturated rings. The van der Waals surface area contributed by atoms with Crippen molar-refractivity contribution in [3.05, 3.63) is 0 Å². The van der Waals surface area contributed by atoms with Gasteiger partial charge >= 0.3 is 64.8 Å². The van der Waals surface area contributed by atoms with E-state index in [0.29, 0.717) is 0 Å². The summed E-state index contributed by atoms with van der Waals surface area (Å²) in [4.78, 5) is 0. The van der Waals surface area contributed by atoms with Gasteiger partial charge in [-0.05, 0) is 0 Å². The molecule has 0 spiro atoms. The van der Waals surface area contributed by atoms with Gasteiger partial charge in [0.25, 0.3) is 0 Å². The van der Waals surface area contributed by atoms with Gasteiger partial charge in [0.05, 0.1) is 0 Å². The Morgan fingerprint density at radius 2 is 1.25 bits per heavy atom. The van der Waals surface area contributed by atoms with Crippen molar-refractivity contribution in [1.82, 2.24) is 0 Å². The van der Waals surface area contributed by atoms with Crippen LogP contribution in [0.5, 0.6) is 0 Å². The van der Waals surface area contributed by atoms with Crippen molar-refractivity contribution < 1.29 is 64.8 Å². The van der Waals surface area contributed by atoms with E-state index in [4.69, 9.17) is 4.28 Å². The van der Waals surface area contributed by atoms with Crippen LogP contribution in [0.4, 0.5) is 0 Å². The van der Waals surface area contributed by atoms with Gasteiger partial charge in [-0.2, -0.15) is 0 Å². The van der Waals surface area contributed by atoms with Crippen molar-refractivity contribution in [2.75, 3.05) is 0 Å². The predicted molar refractivity (Wildman–Crippen MR) is 1.37 cm³/mol. The Hall–Kier alpha value is 1.76. The van der Waals surface area contributed by atoms with E-state index in [2.05, 4.69) is 0 Å². The molecule has 0 atom stereocenters. The molecule has 0 bridgehead atoms. The third-order valence-electron chi connectivity index (χ3n) is 0. The van der Waals surface area contributed by atoms with Crippen LogP contribution in [-0.2, 0) is 35.3 Å². The fourth-order valence-corrected chi connectivity index (χ4v) is 0. The SMILES string of the molecule is [O]=[U].[O]=[Y]. The van der Waals surface area contributed by atoms with Crippen molar-refractivity contribution in [3.63, 3.8) is 0 Å². The molecule has 4 heteroatoms. The van der Waals surface area contributed by atoms with E-state index in [0.717, 1.165) is 0 Å². The quantitative estimate of drug-likeness (QED) is 0.599. The molecule has 0 unspecified atom stereocenters. The van der Waals surface area contributed by atoms with E-state index >= 15 is 0 Å². The topological polar surface area (TPSA) is 34.1 Å². The van der Waals surface area contributed by atoms with Crippen LogP contribution in [0.1, 0.15) is 0 Å². The third kappa shape index (κ3) is 9.25. The summed E-state index contributed by atoms with van der Waals surface area (Å²) in [6, 6.07) is 0. The fourth-order valence-electron chi connectivity index (χ4n) is 0. The average Bonchev–Trinajstić information content (AvgIpc) is 1.50. The second-order valence-electron chi connectivity index (χ2n) is 0. The molecule has 0 amide bonds. The van der Waals surface area contributed by atoms with Crippen LogP contribution in [0.15, 0.2) is 0 Å². The first kappa shape index (κ1) is 9.23. The Morgan fingerprint density at radius 3 is 1.25 bits per heavy atom. The molecular formula is O2UY. The minimum absolute atomic E-state index is 0.0918. The molecule has 0 aromatic heterocycles. The zero-order valence-corrected chi connectivity index (χ0v) is 8.90. The molecule has 4 heavy (non-hydrogen) atoms. The van der Waals surface area contributed by atoms with E-state index in [9.17, 15) is 0 Å². The maximum atomic E-state index is 8.42. The molecule has 0 rings (SSSR count). The van der Waals surface area contributed by atoms with Crippen molar-refractivity contribution in [2.24, 2.45) is 0 Å². The van der Waals surface area contributed by atoms with Crippen LogP contribution in [0.2, 0.25) is 0 Å². The summed E-state index contributed by atoms with van der Waals surface area (Å²) < 4.78 is 16.8. The van der Waals surface area contributed by atoms with Crippen LogP contribution in [-0.4, -0.2) is 0 Å². The molecule has 0 N–H and O–H groups in total. The normalized spacial score (nSPS) is 3.00. The van der Waals surface area contributed by atoms with Crippen LogP contribution in [0.3, 0.4) is 0 Å². The summed E-state index contributed by atoms with van der Waals surface area (Å²) in [5, 5.41) is 0. The second kappa shape index (κ2) is 21.8. The van der Waals surface area contributed by atoms with Crippen molar-refractivity contribution >= 4 is 0 Å². The monoisotopic (exact) mass is 359 g/mol. The molecule has 0 radical (unpaired) electrons. The molecule has 0 aromatic rings. The van der Waals surface area contributed by atoms with Gasteiger partial charge in [-0.25, -0.2) is 0 Å². The van der Waals surface area contributed by atoms with E-state index in [1.165, 1.54) is 0 Å². The van der Waals surface area contributed by atoms with Crippen molar-refractivity contribution in [1.29, 1.82) is 0 Å². The Kier molecular flexibility index (Phi) is 50.2. The second-order valence-corrected chi connectivity index (χ2v) is 0. The van der Waals surface area contributed by atoms with Gasteiger partial charge in [0, 0.05) is 0 Å². The maximum absolute atomic E-state index is 8.42. The van der Waals surface area contributed by atoms with Crippen LogP contribution >= 0.6 is 0 Å². The molecule has 0 aliphatic carbocycles. The third-order valence-corrected chi connectivity index (χ3v) is 0. The van der Waals surface area contributed by atoms with Crippen molar-refractivity contribution in [3.8, 4) is 0 Å². The first-order chi connectivity index (χ1) is 2.00. The first-order valence-corrected chi connectivity index (χ1v) is 3.30. The zero-order chi connectivity index (χ0) is 4.00.